The van der Waals surface area contributed by atoms with Crippen molar-refractivity contribution in [3.8, 4) is 0 Å². The van der Waals surface area contributed by atoms with Gasteiger partial charge in [-0.25, -0.2) is 9.97 Å². The topological polar surface area (TPSA) is 174 Å². The van der Waals surface area contributed by atoms with Crippen LogP contribution in [-0.2, 0) is 25.1 Å². The Labute approximate surface area is 261 Å². The van der Waals surface area contributed by atoms with E-state index in [1.165, 1.54) is 38.5 Å². The smallest absolute Gasteiger partial charge is 0.389 e. The molecular formula is C27H49BrF3N6O5P. The fraction of sp³-hybridized carbons (Fsp3) is 0.815. The Morgan fingerprint density at radius 3 is 2.00 bits per heavy atom. The quantitative estimate of drug-likeness (QED) is 0.0601. The second kappa shape index (κ2) is 22.2. The van der Waals surface area contributed by atoms with E-state index in [0.29, 0.717) is 48.4 Å². The number of ether oxygens (including phenoxy) is 2. The maximum absolute atomic E-state index is 12.1. The Bertz CT molecular complexity index is 1070. The number of hydrogen-bond acceptors (Lipinski definition) is 9. The average molecular weight is 706 g/mol. The number of aromatic nitrogens is 4. The highest BCUT2D eigenvalue weighted by atomic mass is 79.9. The molecule has 0 saturated heterocycles. The van der Waals surface area contributed by atoms with Crippen molar-refractivity contribution in [2.24, 2.45) is 0 Å². The van der Waals surface area contributed by atoms with E-state index >= 15 is 0 Å². The molecule has 0 bridgehead atoms. The molecule has 6 N–H and O–H groups in total. The molecule has 1 atom stereocenters. The van der Waals surface area contributed by atoms with Gasteiger partial charge in [0.05, 0.1) is 19.5 Å². The number of imidazole rings is 1. The molecule has 1 unspecified atom stereocenters. The molecule has 2 aromatic rings. The van der Waals surface area contributed by atoms with Crippen LogP contribution in [0.1, 0.15) is 96.3 Å². The molecule has 0 saturated carbocycles. The van der Waals surface area contributed by atoms with E-state index in [0.717, 1.165) is 32.1 Å². The van der Waals surface area contributed by atoms with Gasteiger partial charge in [-0.05, 0) is 35.2 Å². The van der Waals surface area contributed by atoms with Crippen molar-refractivity contribution in [2.45, 2.75) is 109 Å². The molecule has 16 heteroatoms. The summed E-state index contributed by atoms with van der Waals surface area (Å²) in [7, 11) is -4.10. The highest BCUT2D eigenvalue weighted by molar-refractivity contribution is 9.10. The van der Waals surface area contributed by atoms with Crippen LogP contribution in [0.25, 0.3) is 11.2 Å². The van der Waals surface area contributed by atoms with Gasteiger partial charge in [0.15, 0.2) is 13.2 Å². The molecule has 11 nitrogen and oxygen atoms in total. The minimum absolute atomic E-state index is 0. The summed E-state index contributed by atoms with van der Waals surface area (Å²) in [6.07, 6.45) is 10.1. The first kappa shape index (κ1) is 39.7. The number of unbranched alkanes of at least 4 members (excludes halogenated alkanes) is 12. The van der Waals surface area contributed by atoms with E-state index in [2.05, 4.69) is 30.9 Å². The third-order valence-electron chi connectivity index (χ3n) is 6.63. The van der Waals surface area contributed by atoms with Crippen LogP contribution in [0.15, 0.2) is 10.9 Å². The Kier molecular flexibility index (Phi) is 20.5. The summed E-state index contributed by atoms with van der Waals surface area (Å²) in [5.74, 6) is 0.104. The predicted molar refractivity (Wildman–Crippen MR) is 164 cm³/mol. The fourth-order valence-electron chi connectivity index (χ4n) is 4.41. The molecule has 0 aliphatic heterocycles. The van der Waals surface area contributed by atoms with E-state index in [9.17, 15) is 22.6 Å². The Balaban J connectivity index is 0.00000924. The average Bonchev–Trinajstić information content (AvgIpc) is 3.32. The summed E-state index contributed by atoms with van der Waals surface area (Å²) < 4.78 is 66.3. The number of hydrogen-bond donors (Lipinski definition) is 2. The van der Waals surface area contributed by atoms with Gasteiger partial charge in [-0.2, -0.15) is 18.2 Å². The molecule has 0 aromatic carbocycles. The molecule has 2 aromatic heterocycles. The van der Waals surface area contributed by atoms with Gasteiger partial charge in [0.2, 0.25) is 5.95 Å². The summed E-state index contributed by atoms with van der Waals surface area (Å²) in [4.78, 5) is 24.4. The molecule has 0 aliphatic rings. The lowest BCUT2D eigenvalue weighted by atomic mass is 10.0. The minimum atomic E-state index is -4.10. The number of halogens is 4. The maximum Gasteiger partial charge on any atom is 0.389 e. The predicted octanol–water partition coefficient (Wildman–Crippen LogP) is 7.52. The Morgan fingerprint density at radius 2 is 1.40 bits per heavy atom. The van der Waals surface area contributed by atoms with Crippen molar-refractivity contribution in [3.05, 3.63) is 10.9 Å². The number of nitrogen functional groups attached to an aromatic ring is 1. The minimum Gasteiger partial charge on any atom is -0.777 e. The largest absolute Gasteiger partial charge is 0.777 e. The molecule has 2 heterocycles. The number of alkyl halides is 3. The first-order chi connectivity index (χ1) is 20.1. The van der Waals surface area contributed by atoms with E-state index in [-0.39, 0.29) is 31.7 Å². The van der Waals surface area contributed by atoms with Gasteiger partial charge in [0, 0.05) is 26.2 Å². The van der Waals surface area contributed by atoms with E-state index in [1.54, 1.807) is 10.9 Å². The number of anilines is 1. The monoisotopic (exact) mass is 704 g/mol. The fourth-order valence-corrected chi connectivity index (χ4v) is 5.70. The van der Waals surface area contributed by atoms with Gasteiger partial charge in [-0.15, -0.1) is 0 Å². The molecule has 0 aliphatic carbocycles. The first-order valence-corrected chi connectivity index (χ1v) is 17.4. The van der Waals surface area contributed by atoms with Crippen molar-refractivity contribution >= 4 is 40.6 Å². The molecule has 2 rings (SSSR count). The lowest BCUT2D eigenvalue weighted by Gasteiger charge is -2.23. The highest BCUT2D eigenvalue weighted by Gasteiger charge is 2.25. The van der Waals surface area contributed by atoms with Gasteiger partial charge >= 0.3 is 6.18 Å². The van der Waals surface area contributed by atoms with Crippen LogP contribution in [-0.4, -0.2) is 58.5 Å². The van der Waals surface area contributed by atoms with Crippen molar-refractivity contribution in [1.29, 1.82) is 0 Å². The van der Waals surface area contributed by atoms with E-state index in [4.69, 9.17) is 19.7 Å². The van der Waals surface area contributed by atoms with Crippen LogP contribution in [0.2, 0.25) is 0 Å². The third-order valence-corrected chi connectivity index (χ3v) is 8.26. The molecule has 0 spiro atoms. The maximum atomic E-state index is 12.1. The van der Waals surface area contributed by atoms with Crippen LogP contribution < -0.4 is 16.8 Å². The summed E-state index contributed by atoms with van der Waals surface area (Å²) in [6, 6.07) is 0. The molecule has 0 fully saturated rings. The zero-order valence-electron chi connectivity index (χ0n) is 25.3. The third kappa shape index (κ3) is 18.9. The highest BCUT2D eigenvalue weighted by Crippen LogP contribution is 2.36. The molecule has 0 amide bonds. The standard InChI is InChI=1S/C27H46BrF3N5O5P.H3N/c28-24-23-25(35-26(32)34-24)36(21-33-23)16-20-40-22-42(37,38)41-19-14-18-39-17-13-11-9-7-5-3-1-2-4-6-8-10-12-15-27(29,30)31;/h21H,1-20,22H2,(H,37,38)(H2,32,34,35);1H3. The summed E-state index contributed by atoms with van der Waals surface area (Å²) in [6.45, 7) is 1.62. The van der Waals surface area contributed by atoms with Crippen LogP contribution in [0, 0.1) is 0 Å². The molecular weight excluding hydrogens is 656 g/mol. The number of quaternary nitrogens is 1. The van der Waals surface area contributed by atoms with Gasteiger partial charge in [0.1, 0.15) is 16.5 Å². The van der Waals surface area contributed by atoms with Crippen molar-refractivity contribution in [3.63, 3.8) is 0 Å². The van der Waals surface area contributed by atoms with Gasteiger partial charge < -0.3 is 39.9 Å². The Hall–Kier alpha value is -1.35. The molecule has 250 valence electrons. The second-order valence-electron chi connectivity index (χ2n) is 10.4. The van der Waals surface area contributed by atoms with E-state index < -0.39 is 26.5 Å². The molecule has 0 radical (unpaired) electrons. The summed E-state index contributed by atoms with van der Waals surface area (Å²) in [5, 5.41) is 0. The summed E-state index contributed by atoms with van der Waals surface area (Å²) in [5.41, 5.74) is 6.75. The first-order valence-electron chi connectivity index (χ1n) is 14.9. The van der Waals surface area contributed by atoms with Crippen LogP contribution >= 0.6 is 23.5 Å². The van der Waals surface area contributed by atoms with Crippen molar-refractivity contribution in [1.82, 2.24) is 25.7 Å². The zero-order chi connectivity index (χ0) is 30.7. The molecule has 43 heavy (non-hydrogen) atoms. The van der Waals surface area contributed by atoms with Gasteiger partial charge in [-0.3, -0.25) is 0 Å². The van der Waals surface area contributed by atoms with Gasteiger partial charge in [0.25, 0.3) is 0 Å². The van der Waals surface area contributed by atoms with Gasteiger partial charge in [-0.1, -0.05) is 70.6 Å². The number of nitrogens with two attached hydrogens (primary N) is 1. The normalized spacial score (nSPS) is 13.3. The lowest BCUT2D eigenvalue weighted by Crippen LogP contribution is -2.14. The van der Waals surface area contributed by atoms with Crippen molar-refractivity contribution < 1.29 is 36.6 Å². The number of nitrogens with zero attached hydrogens (tertiary/aromatic N) is 4. The lowest BCUT2D eigenvalue weighted by molar-refractivity contribution is -0.204. The zero-order valence-corrected chi connectivity index (χ0v) is 27.8. The Morgan fingerprint density at radius 1 is 0.837 bits per heavy atom. The van der Waals surface area contributed by atoms with Crippen LogP contribution in [0.4, 0.5) is 19.1 Å². The van der Waals surface area contributed by atoms with Crippen molar-refractivity contribution in [2.75, 3.05) is 38.5 Å². The van der Waals surface area contributed by atoms with Crippen LogP contribution in [0.3, 0.4) is 0 Å². The SMILES string of the molecule is Nc1nc(Br)c2ncn(CCOCP(=O)([O-])OCCCOCCCCCCCCCCCCCCCC(F)(F)F)c2n1.[NH4+]. The van der Waals surface area contributed by atoms with Crippen LogP contribution in [0.5, 0.6) is 0 Å². The summed E-state index contributed by atoms with van der Waals surface area (Å²) >= 11 is 3.29. The number of rotatable bonds is 25. The second-order valence-corrected chi connectivity index (χ2v) is 12.9. The number of fused-ring (bicyclic) bond motifs is 1. The van der Waals surface area contributed by atoms with E-state index in [1.807, 2.05) is 0 Å².